The van der Waals surface area contributed by atoms with Crippen molar-refractivity contribution in [2.45, 2.75) is 33.6 Å². The van der Waals surface area contributed by atoms with Crippen LogP contribution in [0, 0.1) is 5.92 Å². The van der Waals surface area contributed by atoms with Crippen molar-refractivity contribution < 1.29 is 0 Å². The summed E-state index contributed by atoms with van der Waals surface area (Å²) in [5, 5.41) is 1.91. The van der Waals surface area contributed by atoms with E-state index in [-0.39, 0.29) is 0 Å². The second-order valence-corrected chi connectivity index (χ2v) is 3.01. The highest BCUT2D eigenvalue weighted by molar-refractivity contribution is 4.54. The Morgan fingerprint density at radius 2 is 2.00 bits per heavy atom. The maximum absolute atomic E-state index is 5.69. The fourth-order valence-corrected chi connectivity index (χ4v) is 0.908. The largest absolute Gasteiger partial charge is 0.269 e. The van der Waals surface area contributed by atoms with Gasteiger partial charge in [-0.1, -0.05) is 27.2 Å². The van der Waals surface area contributed by atoms with E-state index in [1.54, 1.807) is 0 Å². The molecular weight excluding hydrogens is 124 g/mol. The highest BCUT2D eigenvalue weighted by Crippen LogP contribution is 2.00. The summed E-state index contributed by atoms with van der Waals surface area (Å²) in [7, 11) is 0. The molecule has 0 aromatic heterocycles. The Morgan fingerprint density at radius 1 is 1.40 bits per heavy atom. The Bertz CT molecular complexity index is 73.7. The first-order valence-corrected chi connectivity index (χ1v) is 4.20. The Kier molecular flexibility index (Phi) is 5.64. The fourth-order valence-electron chi connectivity index (χ4n) is 0.908. The van der Waals surface area contributed by atoms with Gasteiger partial charge in [-0.2, -0.15) is 0 Å². The lowest BCUT2D eigenvalue weighted by atomic mass is 10.1. The SMILES string of the molecule is CCCN(N)CC(C)CC. The number of nitrogens with two attached hydrogens (primary N) is 1. The van der Waals surface area contributed by atoms with E-state index in [9.17, 15) is 0 Å². The minimum atomic E-state index is 0.733. The van der Waals surface area contributed by atoms with Gasteiger partial charge in [-0.15, -0.1) is 0 Å². The molecule has 10 heavy (non-hydrogen) atoms. The van der Waals surface area contributed by atoms with Crippen molar-refractivity contribution >= 4 is 0 Å². The summed E-state index contributed by atoms with van der Waals surface area (Å²) in [5.41, 5.74) is 0. The van der Waals surface area contributed by atoms with Crippen LogP contribution in [0.15, 0.2) is 0 Å². The lowest BCUT2D eigenvalue weighted by molar-refractivity contribution is 0.241. The third-order valence-corrected chi connectivity index (χ3v) is 1.75. The first kappa shape index (κ1) is 9.92. The highest BCUT2D eigenvalue weighted by atomic mass is 15.4. The van der Waals surface area contributed by atoms with Gasteiger partial charge in [0, 0.05) is 13.1 Å². The van der Waals surface area contributed by atoms with E-state index in [4.69, 9.17) is 5.84 Å². The molecule has 0 heterocycles. The van der Waals surface area contributed by atoms with Crippen LogP contribution in [0.1, 0.15) is 33.6 Å². The molecule has 0 aromatic carbocycles. The average molecular weight is 144 g/mol. The first-order valence-electron chi connectivity index (χ1n) is 4.20. The smallest absolute Gasteiger partial charge is 0.0154 e. The average Bonchev–Trinajstić information content (AvgIpc) is 1.88. The summed E-state index contributed by atoms with van der Waals surface area (Å²) in [5.74, 6) is 6.43. The lowest BCUT2D eigenvalue weighted by Gasteiger charge is -2.18. The Hall–Kier alpha value is -0.0800. The molecule has 2 nitrogen and oxygen atoms in total. The number of nitrogens with zero attached hydrogens (tertiary/aromatic N) is 1. The molecule has 0 aliphatic rings. The molecule has 2 heteroatoms. The maximum atomic E-state index is 5.69. The van der Waals surface area contributed by atoms with E-state index in [1.807, 2.05) is 5.01 Å². The van der Waals surface area contributed by atoms with Crippen molar-refractivity contribution in [3.05, 3.63) is 0 Å². The van der Waals surface area contributed by atoms with Crippen molar-refractivity contribution in [1.29, 1.82) is 0 Å². The fraction of sp³-hybridized carbons (Fsp3) is 1.00. The third-order valence-electron chi connectivity index (χ3n) is 1.75. The highest BCUT2D eigenvalue weighted by Gasteiger charge is 2.02. The van der Waals surface area contributed by atoms with Crippen LogP contribution in [0.4, 0.5) is 0 Å². The number of hydrazine groups is 1. The van der Waals surface area contributed by atoms with Crippen molar-refractivity contribution in [3.63, 3.8) is 0 Å². The summed E-state index contributed by atoms with van der Waals surface area (Å²) in [6.45, 7) is 8.63. The normalized spacial score (nSPS) is 14.1. The standard InChI is InChI=1S/C8H20N2/c1-4-6-10(9)7-8(3)5-2/h8H,4-7,9H2,1-3H3. The second kappa shape index (κ2) is 5.69. The zero-order valence-electron chi connectivity index (χ0n) is 7.43. The van der Waals surface area contributed by atoms with Crippen LogP contribution in [-0.2, 0) is 0 Å². The van der Waals surface area contributed by atoms with Gasteiger partial charge in [0.05, 0.1) is 0 Å². The summed E-state index contributed by atoms with van der Waals surface area (Å²) < 4.78 is 0. The summed E-state index contributed by atoms with van der Waals surface area (Å²) in [4.78, 5) is 0. The van der Waals surface area contributed by atoms with E-state index in [2.05, 4.69) is 20.8 Å². The first-order chi connectivity index (χ1) is 4.70. The zero-order chi connectivity index (χ0) is 7.98. The van der Waals surface area contributed by atoms with E-state index in [0.29, 0.717) is 0 Å². The van der Waals surface area contributed by atoms with E-state index in [0.717, 1.165) is 25.4 Å². The van der Waals surface area contributed by atoms with E-state index < -0.39 is 0 Å². The molecule has 0 amide bonds. The predicted molar refractivity (Wildman–Crippen MR) is 45.5 cm³/mol. The van der Waals surface area contributed by atoms with Crippen LogP contribution in [0.5, 0.6) is 0 Å². The minimum absolute atomic E-state index is 0.733. The van der Waals surface area contributed by atoms with E-state index in [1.165, 1.54) is 6.42 Å². The van der Waals surface area contributed by atoms with Crippen molar-refractivity contribution in [2.24, 2.45) is 11.8 Å². The molecule has 1 atom stereocenters. The van der Waals surface area contributed by atoms with Gasteiger partial charge >= 0.3 is 0 Å². The van der Waals surface area contributed by atoms with Gasteiger partial charge in [-0.3, -0.25) is 5.84 Å². The number of rotatable bonds is 5. The molecule has 2 N–H and O–H groups in total. The third kappa shape index (κ3) is 4.77. The Morgan fingerprint density at radius 3 is 2.40 bits per heavy atom. The van der Waals surface area contributed by atoms with Gasteiger partial charge in [0.1, 0.15) is 0 Å². The van der Waals surface area contributed by atoms with Gasteiger partial charge in [-0.05, 0) is 12.3 Å². The zero-order valence-corrected chi connectivity index (χ0v) is 7.43. The molecule has 62 valence electrons. The van der Waals surface area contributed by atoms with Crippen LogP contribution < -0.4 is 5.84 Å². The van der Waals surface area contributed by atoms with Gasteiger partial charge in [-0.25, -0.2) is 5.01 Å². The summed E-state index contributed by atoms with van der Waals surface area (Å²) in [6, 6.07) is 0. The molecular formula is C8H20N2. The summed E-state index contributed by atoms with van der Waals surface area (Å²) >= 11 is 0. The molecule has 0 aromatic rings. The molecule has 0 fully saturated rings. The topological polar surface area (TPSA) is 29.3 Å². The second-order valence-electron chi connectivity index (χ2n) is 3.01. The quantitative estimate of drug-likeness (QED) is 0.469. The molecule has 0 bridgehead atoms. The summed E-state index contributed by atoms with van der Waals surface area (Å²) in [6.07, 6.45) is 2.37. The Balaban J connectivity index is 3.27. The molecule has 0 saturated carbocycles. The van der Waals surface area contributed by atoms with Crippen molar-refractivity contribution in [3.8, 4) is 0 Å². The molecule has 0 radical (unpaired) electrons. The molecule has 0 aliphatic carbocycles. The molecule has 0 saturated heterocycles. The maximum Gasteiger partial charge on any atom is 0.0154 e. The number of hydrogen-bond donors (Lipinski definition) is 1. The van der Waals surface area contributed by atoms with Gasteiger partial charge in [0.15, 0.2) is 0 Å². The Labute approximate surface area is 64.4 Å². The molecule has 0 aliphatic heterocycles. The minimum Gasteiger partial charge on any atom is -0.269 e. The van der Waals surface area contributed by atoms with Crippen molar-refractivity contribution in [2.75, 3.05) is 13.1 Å². The van der Waals surface area contributed by atoms with Crippen LogP contribution in [-0.4, -0.2) is 18.1 Å². The molecule has 0 rings (SSSR count). The predicted octanol–water partition coefficient (Wildman–Crippen LogP) is 1.62. The molecule has 1 unspecified atom stereocenters. The van der Waals surface area contributed by atoms with Gasteiger partial charge in [0.2, 0.25) is 0 Å². The monoisotopic (exact) mass is 144 g/mol. The van der Waals surface area contributed by atoms with Crippen LogP contribution >= 0.6 is 0 Å². The van der Waals surface area contributed by atoms with Crippen LogP contribution in [0.3, 0.4) is 0 Å². The van der Waals surface area contributed by atoms with Crippen LogP contribution in [0.2, 0.25) is 0 Å². The van der Waals surface area contributed by atoms with Crippen LogP contribution in [0.25, 0.3) is 0 Å². The van der Waals surface area contributed by atoms with Gasteiger partial charge in [0.25, 0.3) is 0 Å². The lowest BCUT2D eigenvalue weighted by Crippen LogP contribution is -2.35. The number of hydrogen-bond acceptors (Lipinski definition) is 2. The van der Waals surface area contributed by atoms with E-state index >= 15 is 0 Å². The van der Waals surface area contributed by atoms with Crippen molar-refractivity contribution in [1.82, 2.24) is 5.01 Å². The molecule has 0 spiro atoms. The van der Waals surface area contributed by atoms with Gasteiger partial charge < -0.3 is 0 Å².